The van der Waals surface area contributed by atoms with Crippen LogP contribution in [0.2, 0.25) is 0 Å². The van der Waals surface area contributed by atoms with Crippen molar-refractivity contribution < 1.29 is 9.53 Å². The lowest BCUT2D eigenvalue weighted by Crippen LogP contribution is -2.30. The Hall–Kier alpha value is -0.770. The van der Waals surface area contributed by atoms with Crippen molar-refractivity contribution >= 4 is 5.78 Å². The highest BCUT2D eigenvalue weighted by Crippen LogP contribution is 2.05. The molecule has 1 heterocycles. The van der Waals surface area contributed by atoms with Gasteiger partial charge in [0.1, 0.15) is 6.61 Å². The third-order valence-electron chi connectivity index (χ3n) is 1.28. The van der Waals surface area contributed by atoms with Crippen LogP contribution in [0.25, 0.3) is 0 Å². The van der Waals surface area contributed by atoms with Crippen molar-refractivity contribution in [1.82, 2.24) is 0 Å². The highest BCUT2D eigenvalue weighted by molar-refractivity contribution is 5.85. The van der Waals surface area contributed by atoms with Crippen molar-refractivity contribution in [2.24, 2.45) is 5.18 Å². The van der Waals surface area contributed by atoms with Crippen LogP contribution in [-0.2, 0) is 9.53 Å². The third kappa shape index (κ3) is 1.32. The van der Waals surface area contributed by atoms with Gasteiger partial charge < -0.3 is 4.74 Å². The largest absolute Gasteiger partial charge is 0.373 e. The van der Waals surface area contributed by atoms with Gasteiger partial charge >= 0.3 is 0 Å². The molecule has 0 saturated carbocycles. The molecule has 1 aliphatic rings. The van der Waals surface area contributed by atoms with Crippen LogP contribution in [0.3, 0.4) is 0 Å². The summed E-state index contributed by atoms with van der Waals surface area (Å²) in [4.78, 5) is 20.5. The fraction of sp³-hybridized carbons (Fsp3) is 0.800. The van der Waals surface area contributed by atoms with Crippen LogP contribution in [-0.4, -0.2) is 25.0 Å². The standard InChI is InChI=1S/C5H7NO3/c7-5-3-9-2-1-4(5)6-8/h4H,1-3H2/t4-/m0/s1. The van der Waals surface area contributed by atoms with Gasteiger partial charge in [-0.15, -0.1) is 0 Å². The van der Waals surface area contributed by atoms with Gasteiger partial charge in [-0.25, -0.2) is 0 Å². The molecule has 0 amide bonds. The molecule has 0 aliphatic carbocycles. The summed E-state index contributed by atoms with van der Waals surface area (Å²) in [7, 11) is 0. The first-order valence-electron chi connectivity index (χ1n) is 2.77. The summed E-state index contributed by atoms with van der Waals surface area (Å²) in [5, 5.41) is 2.65. The molecule has 0 spiro atoms. The minimum atomic E-state index is -0.640. The fourth-order valence-corrected chi connectivity index (χ4v) is 0.736. The van der Waals surface area contributed by atoms with Crippen molar-refractivity contribution in [3.8, 4) is 0 Å². The first kappa shape index (κ1) is 6.35. The SMILES string of the molecule is O=N[C@H]1CCOCC1=O. The summed E-state index contributed by atoms with van der Waals surface area (Å²) in [5.74, 6) is -0.198. The first-order valence-corrected chi connectivity index (χ1v) is 2.77. The molecular weight excluding hydrogens is 122 g/mol. The summed E-state index contributed by atoms with van der Waals surface area (Å²) in [6.45, 7) is 0.526. The van der Waals surface area contributed by atoms with Gasteiger partial charge in [-0.3, -0.25) is 4.79 Å². The highest BCUT2D eigenvalue weighted by Gasteiger charge is 2.22. The molecule has 0 N–H and O–H groups in total. The van der Waals surface area contributed by atoms with Crippen LogP contribution < -0.4 is 0 Å². The van der Waals surface area contributed by atoms with Gasteiger partial charge in [0, 0.05) is 13.0 Å². The maximum Gasteiger partial charge on any atom is 0.186 e. The van der Waals surface area contributed by atoms with Crippen molar-refractivity contribution in [2.45, 2.75) is 12.5 Å². The molecule has 0 unspecified atom stereocenters. The highest BCUT2D eigenvalue weighted by atomic mass is 16.5. The number of nitroso groups, excluding NO2 is 1. The molecule has 4 heteroatoms. The summed E-state index contributed by atoms with van der Waals surface area (Å²) in [6, 6.07) is -0.640. The monoisotopic (exact) mass is 129 g/mol. The lowest BCUT2D eigenvalue weighted by atomic mass is 10.1. The summed E-state index contributed by atoms with van der Waals surface area (Å²) >= 11 is 0. The average Bonchev–Trinajstić information content (AvgIpc) is 1.89. The van der Waals surface area contributed by atoms with Crippen molar-refractivity contribution in [3.63, 3.8) is 0 Å². The molecule has 9 heavy (non-hydrogen) atoms. The number of hydrogen-bond acceptors (Lipinski definition) is 4. The first-order chi connectivity index (χ1) is 4.34. The maximum absolute atomic E-state index is 10.6. The van der Waals surface area contributed by atoms with Gasteiger partial charge in [0.2, 0.25) is 0 Å². The summed E-state index contributed by atoms with van der Waals surface area (Å²) in [5.41, 5.74) is 0. The van der Waals surface area contributed by atoms with E-state index >= 15 is 0 Å². The minimum Gasteiger partial charge on any atom is -0.373 e. The number of nitrogens with zero attached hydrogens (tertiary/aromatic N) is 1. The van der Waals surface area contributed by atoms with Crippen LogP contribution in [0, 0.1) is 4.91 Å². The zero-order valence-corrected chi connectivity index (χ0v) is 4.87. The second kappa shape index (κ2) is 2.68. The van der Waals surface area contributed by atoms with E-state index in [1.54, 1.807) is 0 Å². The topological polar surface area (TPSA) is 55.7 Å². The molecule has 0 aromatic heterocycles. The van der Waals surface area contributed by atoms with E-state index in [9.17, 15) is 9.70 Å². The predicted molar refractivity (Wildman–Crippen MR) is 30.0 cm³/mol. The molecule has 0 aromatic rings. The van der Waals surface area contributed by atoms with E-state index in [4.69, 9.17) is 4.74 Å². The van der Waals surface area contributed by atoms with E-state index in [1.165, 1.54) is 0 Å². The summed E-state index contributed by atoms with van der Waals surface area (Å²) in [6.07, 6.45) is 0.447. The van der Waals surface area contributed by atoms with E-state index in [2.05, 4.69) is 5.18 Å². The number of ketones is 1. The molecule has 1 atom stereocenters. The van der Waals surface area contributed by atoms with Gasteiger partial charge in [0.05, 0.1) is 0 Å². The molecule has 0 bridgehead atoms. The fourth-order valence-electron chi connectivity index (χ4n) is 0.736. The van der Waals surface area contributed by atoms with Gasteiger partial charge in [0.15, 0.2) is 11.8 Å². The number of carbonyl (C=O) groups excluding carboxylic acids is 1. The Morgan fingerprint density at radius 2 is 2.44 bits per heavy atom. The van der Waals surface area contributed by atoms with E-state index in [-0.39, 0.29) is 12.4 Å². The Bertz CT molecular complexity index is 134. The Balaban J connectivity index is 2.48. The Labute approximate surface area is 52.2 Å². The second-order valence-electron chi connectivity index (χ2n) is 1.93. The Morgan fingerprint density at radius 1 is 1.67 bits per heavy atom. The molecule has 0 aromatic carbocycles. The Kier molecular flexibility index (Phi) is 1.89. The molecule has 4 nitrogen and oxygen atoms in total. The van der Waals surface area contributed by atoms with Crippen LogP contribution in [0.4, 0.5) is 0 Å². The third-order valence-corrected chi connectivity index (χ3v) is 1.28. The zero-order valence-electron chi connectivity index (χ0n) is 4.87. The van der Waals surface area contributed by atoms with E-state index in [0.717, 1.165) is 0 Å². The molecule has 0 radical (unpaired) electrons. The summed E-state index contributed by atoms with van der Waals surface area (Å²) < 4.78 is 4.77. The number of hydrogen-bond donors (Lipinski definition) is 0. The lowest BCUT2D eigenvalue weighted by Gasteiger charge is -2.13. The quantitative estimate of drug-likeness (QED) is 0.472. The Morgan fingerprint density at radius 3 is 2.89 bits per heavy atom. The van der Waals surface area contributed by atoms with Crippen molar-refractivity contribution in [3.05, 3.63) is 4.91 Å². The molecular formula is C5H7NO3. The van der Waals surface area contributed by atoms with E-state index in [0.29, 0.717) is 13.0 Å². The van der Waals surface area contributed by atoms with Gasteiger partial charge in [-0.2, -0.15) is 4.91 Å². The lowest BCUT2D eigenvalue weighted by molar-refractivity contribution is -0.128. The number of rotatable bonds is 1. The predicted octanol–water partition coefficient (Wildman–Crippen LogP) is 0.111. The normalized spacial score (nSPS) is 28.0. The van der Waals surface area contributed by atoms with E-state index < -0.39 is 6.04 Å². The minimum absolute atomic E-state index is 0.0520. The molecule has 1 fully saturated rings. The number of ether oxygens (including phenoxy) is 1. The van der Waals surface area contributed by atoms with Gasteiger partial charge in [-0.05, 0) is 0 Å². The maximum atomic E-state index is 10.6. The molecule has 1 aliphatic heterocycles. The zero-order chi connectivity index (χ0) is 6.69. The van der Waals surface area contributed by atoms with Gasteiger partial charge in [0.25, 0.3) is 0 Å². The molecule has 1 saturated heterocycles. The van der Waals surface area contributed by atoms with Crippen LogP contribution >= 0.6 is 0 Å². The second-order valence-corrected chi connectivity index (χ2v) is 1.93. The molecule has 50 valence electrons. The number of carbonyl (C=O) groups is 1. The number of Topliss-reactive ketones (excluding diaryl/α,β-unsaturated/α-hetero) is 1. The van der Waals surface area contributed by atoms with Gasteiger partial charge in [-0.1, -0.05) is 5.18 Å². The van der Waals surface area contributed by atoms with Crippen LogP contribution in [0.1, 0.15) is 6.42 Å². The van der Waals surface area contributed by atoms with E-state index in [1.807, 2.05) is 0 Å². The average molecular weight is 129 g/mol. The smallest absolute Gasteiger partial charge is 0.186 e. The van der Waals surface area contributed by atoms with Crippen LogP contribution in [0.5, 0.6) is 0 Å². The van der Waals surface area contributed by atoms with Crippen molar-refractivity contribution in [1.29, 1.82) is 0 Å². The van der Waals surface area contributed by atoms with Crippen molar-refractivity contribution in [2.75, 3.05) is 13.2 Å². The van der Waals surface area contributed by atoms with Crippen LogP contribution in [0.15, 0.2) is 5.18 Å². The molecule has 1 rings (SSSR count).